The zero-order valence-corrected chi connectivity index (χ0v) is 19.8. The second-order valence-electron chi connectivity index (χ2n) is 9.39. The summed E-state index contributed by atoms with van der Waals surface area (Å²) in [6.07, 6.45) is 0. The van der Waals surface area contributed by atoms with Gasteiger partial charge in [-0.2, -0.15) is 5.10 Å². The molecule has 0 bridgehead atoms. The second-order valence-corrected chi connectivity index (χ2v) is 9.39. The summed E-state index contributed by atoms with van der Waals surface area (Å²) in [4.78, 5) is 7.09. The summed E-state index contributed by atoms with van der Waals surface area (Å²) in [5, 5.41) is 21.6. The molecule has 7 heteroatoms. The Hall–Kier alpha value is -3.29. The van der Waals surface area contributed by atoms with Gasteiger partial charge < -0.3 is 10.4 Å². The highest BCUT2D eigenvalue weighted by atomic mass is 19.1. The van der Waals surface area contributed by atoms with Gasteiger partial charge in [-0.15, -0.1) is 0 Å². The van der Waals surface area contributed by atoms with Crippen LogP contribution < -0.4 is 5.32 Å². The molecule has 0 amide bonds. The number of piperazine rings is 1. The van der Waals surface area contributed by atoms with E-state index in [0.29, 0.717) is 29.4 Å². The van der Waals surface area contributed by atoms with Gasteiger partial charge in [-0.25, -0.2) is 9.37 Å². The number of phenolic OH excluding ortho intramolecular Hbond substituents is 1. The third-order valence-corrected chi connectivity index (χ3v) is 6.73. The van der Waals surface area contributed by atoms with Crippen LogP contribution in [0.3, 0.4) is 0 Å². The highest BCUT2D eigenvalue weighted by Gasteiger charge is 2.26. The lowest BCUT2D eigenvalue weighted by atomic mass is 9.96. The number of aromatic nitrogens is 3. The molecule has 1 atom stereocenters. The Morgan fingerprint density at radius 3 is 2.68 bits per heavy atom. The van der Waals surface area contributed by atoms with Gasteiger partial charge in [-0.05, 0) is 47.7 Å². The summed E-state index contributed by atoms with van der Waals surface area (Å²) >= 11 is 0. The van der Waals surface area contributed by atoms with E-state index < -0.39 is 5.82 Å². The van der Waals surface area contributed by atoms with Crippen molar-refractivity contribution in [2.75, 3.05) is 19.6 Å². The Morgan fingerprint density at radius 1 is 1.15 bits per heavy atom. The normalized spacial score (nSPS) is 17.0. The molecule has 0 radical (unpaired) electrons. The van der Waals surface area contributed by atoms with Crippen LogP contribution in [0, 0.1) is 12.7 Å². The Labute approximate surface area is 198 Å². The molecule has 0 spiro atoms. The third-order valence-electron chi connectivity index (χ3n) is 6.73. The molecule has 4 aromatic rings. The molecule has 0 aliphatic carbocycles. The van der Waals surface area contributed by atoms with Gasteiger partial charge in [0.05, 0.1) is 5.69 Å². The van der Waals surface area contributed by atoms with Gasteiger partial charge in [0.1, 0.15) is 11.6 Å². The Balaban J connectivity index is 1.53. The lowest BCUT2D eigenvalue weighted by molar-refractivity contribution is 0.154. The molecule has 2 aromatic carbocycles. The van der Waals surface area contributed by atoms with E-state index in [-0.39, 0.29) is 11.8 Å². The first-order valence-corrected chi connectivity index (χ1v) is 11.8. The van der Waals surface area contributed by atoms with Crippen LogP contribution in [0.2, 0.25) is 0 Å². The van der Waals surface area contributed by atoms with Gasteiger partial charge in [-0.1, -0.05) is 38.1 Å². The van der Waals surface area contributed by atoms with Crippen molar-refractivity contribution < 1.29 is 9.50 Å². The fraction of sp³-hybridized carbons (Fsp3) is 0.333. The number of pyridine rings is 1. The molecule has 5 rings (SSSR count). The van der Waals surface area contributed by atoms with Gasteiger partial charge in [0.25, 0.3) is 0 Å². The van der Waals surface area contributed by atoms with Crippen molar-refractivity contribution >= 4 is 11.0 Å². The SMILES string of the molecule is Cc1[nH]nc2nc(-c3ccc(O)cc3F)cc(CN3CCNCC3c3ccc(C(C)C)cc3)c12. The number of nitrogens with one attached hydrogen (secondary N) is 2. The zero-order valence-electron chi connectivity index (χ0n) is 19.8. The summed E-state index contributed by atoms with van der Waals surface area (Å²) < 4.78 is 14.7. The predicted molar refractivity (Wildman–Crippen MR) is 132 cm³/mol. The molecule has 3 heterocycles. The first-order chi connectivity index (χ1) is 16.4. The van der Waals surface area contributed by atoms with E-state index in [0.717, 1.165) is 42.3 Å². The van der Waals surface area contributed by atoms with Gasteiger partial charge in [0, 0.05) is 54.9 Å². The van der Waals surface area contributed by atoms with Crippen LogP contribution >= 0.6 is 0 Å². The fourth-order valence-corrected chi connectivity index (χ4v) is 4.83. The van der Waals surface area contributed by atoms with Crippen LogP contribution in [-0.4, -0.2) is 44.8 Å². The molecular formula is C27H30FN5O. The molecule has 0 saturated carbocycles. The van der Waals surface area contributed by atoms with Crippen LogP contribution in [0.4, 0.5) is 4.39 Å². The average molecular weight is 460 g/mol. The largest absolute Gasteiger partial charge is 0.508 e. The number of phenols is 1. The van der Waals surface area contributed by atoms with Crippen molar-refractivity contribution in [1.82, 2.24) is 25.4 Å². The summed E-state index contributed by atoms with van der Waals surface area (Å²) in [7, 11) is 0. The van der Waals surface area contributed by atoms with Crippen LogP contribution in [0.1, 0.15) is 48.2 Å². The average Bonchev–Trinajstić information content (AvgIpc) is 3.20. The van der Waals surface area contributed by atoms with E-state index >= 15 is 0 Å². The number of halogens is 1. The number of H-pyrrole nitrogens is 1. The zero-order chi connectivity index (χ0) is 23.8. The number of hydrogen-bond acceptors (Lipinski definition) is 5. The van der Waals surface area contributed by atoms with Gasteiger partial charge >= 0.3 is 0 Å². The Bertz CT molecular complexity index is 1310. The molecule has 1 aliphatic heterocycles. The van der Waals surface area contributed by atoms with Crippen molar-refractivity contribution in [3.05, 3.63) is 76.7 Å². The number of nitrogens with zero attached hydrogens (tertiary/aromatic N) is 3. The number of benzene rings is 2. The molecule has 3 N–H and O–H groups in total. The molecule has 2 aromatic heterocycles. The smallest absolute Gasteiger partial charge is 0.182 e. The number of fused-ring (bicyclic) bond motifs is 1. The molecule has 1 aliphatic rings. The minimum Gasteiger partial charge on any atom is -0.508 e. The predicted octanol–water partition coefficient (Wildman–Crippen LogP) is 5.05. The van der Waals surface area contributed by atoms with E-state index in [1.165, 1.54) is 17.2 Å². The number of hydrogen-bond donors (Lipinski definition) is 3. The summed E-state index contributed by atoms with van der Waals surface area (Å²) in [5.74, 6) is -0.108. The highest BCUT2D eigenvalue weighted by molar-refractivity contribution is 5.84. The van der Waals surface area contributed by atoms with Crippen molar-refractivity contribution in [2.45, 2.75) is 39.3 Å². The molecule has 6 nitrogen and oxygen atoms in total. The van der Waals surface area contributed by atoms with Crippen LogP contribution in [0.15, 0.2) is 48.5 Å². The van der Waals surface area contributed by atoms with Gasteiger partial charge in [0.2, 0.25) is 0 Å². The second kappa shape index (κ2) is 9.16. The molecule has 1 fully saturated rings. The van der Waals surface area contributed by atoms with E-state index in [2.05, 4.69) is 63.5 Å². The molecule has 34 heavy (non-hydrogen) atoms. The van der Waals surface area contributed by atoms with E-state index in [1.807, 2.05) is 13.0 Å². The van der Waals surface area contributed by atoms with E-state index in [9.17, 15) is 9.50 Å². The number of rotatable bonds is 5. The fourth-order valence-electron chi connectivity index (χ4n) is 4.83. The molecule has 1 unspecified atom stereocenters. The first kappa shape index (κ1) is 22.5. The molecular weight excluding hydrogens is 429 g/mol. The lowest BCUT2D eigenvalue weighted by Gasteiger charge is -2.37. The standard InChI is InChI=1S/C27H30FN5O/c1-16(2)18-4-6-19(7-5-18)25-14-29-10-11-33(25)15-20-12-24(22-9-8-21(34)13-23(22)28)30-27-26(20)17(3)31-32-27/h4-9,12-13,16,25,29,34H,10-11,14-15H2,1-3H3,(H,30,31,32). The first-order valence-electron chi connectivity index (χ1n) is 11.8. The highest BCUT2D eigenvalue weighted by Crippen LogP contribution is 2.32. The third kappa shape index (κ3) is 4.29. The van der Waals surface area contributed by atoms with Crippen molar-refractivity contribution in [3.63, 3.8) is 0 Å². The Morgan fingerprint density at radius 2 is 1.94 bits per heavy atom. The minimum atomic E-state index is -0.504. The number of aryl methyl sites for hydroxylation is 1. The molecule has 176 valence electrons. The van der Waals surface area contributed by atoms with Crippen molar-refractivity contribution in [3.8, 4) is 17.0 Å². The van der Waals surface area contributed by atoms with E-state index in [4.69, 9.17) is 0 Å². The van der Waals surface area contributed by atoms with Crippen molar-refractivity contribution in [1.29, 1.82) is 0 Å². The lowest BCUT2D eigenvalue weighted by Crippen LogP contribution is -2.45. The van der Waals surface area contributed by atoms with Gasteiger partial charge in [-0.3, -0.25) is 10.00 Å². The maximum Gasteiger partial charge on any atom is 0.182 e. The number of aromatic amines is 1. The van der Waals surface area contributed by atoms with Gasteiger partial charge in [0.15, 0.2) is 5.65 Å². The monoisotopic (exact) mass is 459 g/mol. The topological polar surface area (TPSA) is 77.1 Å². The summed E-state index contributed by atoms with van der Waals surface area (Å²) in [6.45, 7) is 9.79. The van der Waals surface area contributed by atoms with Crippen LogP contribution in [0.5, 0.6) is 5.75 Å². The maximum absolute atomic E-state index is 14.7. The quantitative estimate of drug-likeness (QED) is 0.389. The maximum atomic E-state index is 14.7. The minimum absolute atomic E-state index is 0.106. The Kier molecular flexibility index (Phi) is 6.06. The van der Waals surface area contributed by atoms with Crippen LogP contribution in [-0.2, 0) is 6.54 Å². The molecule has 1 saturated heterocycles. The van der Waals surface area contributed by atoms with Crippen molar-refractivity contribution in [2.24, 2.45) is 0 Å². The van der Waals surface area contributed by atoms with Crippen LogP contribution in [0.25, 0.3) is 22.3 Å². The van der Waals surface area contributed by atoms with E-state index in [1.54, 1.807) is 6.07 Å². The summed E-state index contributed by atoms with van der Waals surface area (Å²) in [6, 6.07) is 15.3. The number of aromatic hydroxyl groups is 1. The summed E-state index contributed by atoms with van der Waals surface area (Å²) in [5.41, 5.74) is 6.07.